The summed E-state index contributed by atoms with van der Waals surface area (Å²) in [7, 11) is 1.78. The van der Waals surface area contributed by atoms with Crippen LogP contribution in [0.25, 0.3) is 11.2 Å². The number of benzene rings is 1. The van der Waals surface area contributed by atoms with E-state index in [1.54, 1.807) is 11.6 Å². The Labute approximate surface area is 187 Å². The molecule has 8 heteroatoms. The Morgan fingerprint density at radius 1 is 1.26 bits per heavy atom. The minimum Gasteiger partial charge on any atom is -0.341 e. The van der Waals surface area contributed by atoms with Crippen LogP contribution in [0.2, 0.25) is 0 Å². The van der Waals surface area contributed by atoms with E-state index >= 15 is 0 Å². The lowest BCUT2D eigenvalue weighted by atomic mass is 10.1. The van der Waals surface area contributed by atoms with E-state index in [0.29, 0.717) is 35.7 Å². The van der Waals surface area contributed by atoms with Crippen LogP contribution in [0.3, 0.4) is 0 Å². The lowest BCUT2D eigenvalue weighted by Gasteiger charge is -2.31. The maximum Gasteiger partial charge on any atom is 0.279 e. The van der Waals surface area contributed by atoms with E-state index < -0.39 is 0 Å². The smallest absolute Gasteiger partial charge is 0.279 e. The maximum absolute atomic E-state index is 13.4. The minimum atomic E-state index is -0.0891. The summed E-state index contributed by atoms with van der Waals surface area (Å²) >= 11 is 6.10. The number of nitrogens with two attached hydrogens (primary N) is 1. The van der Waals surface area contributed by atoms with Crippen LogP contribution in [-0.2, 0) is 26.4 Å². The van der Waals surface area contributed by atoms with E-state index in [9.17, 15) is 4.79 Å². The van der Waals surface area contributed by atoms with Gasteiger partial charge in [-0.15, -0.1) is 0 Å². The molecule has 4 rings (SSSR count). The topological polar surface area (TPSA) is 82.0 Å². The van der Waals surface area contributed by atoms with Gasteiger partial charge in [0.25, 0.3) is 5.56 Å². The number of hydrogen-bond acceptors (Lipinski definition) is 5. The molecule has 0 radical (unpaired) electrons. The first-order valence-corrected chi connectivity index (χ1v) is 11.1. The Morgan fingerprint density at radius 2 is 2.03 bits per heavy atom. The van der Waals surface area contributed by atoms with Gasteiger partial charge >= 0.3 is 0 Å². The molecular weight excluding hydrogens is 412 g/mol. The summed E-state index contributed by atoms with van der Waals surface area (Å²) in [5.74, 6) is 1.47. The molecule has 2 aromatic heterocycles. The predicted molar refractivity (Wildman–Crippen MR) is 126 cm³/mol. The van der Waals surface area contributed by atoms with Gasteiger partial charge in [-0.1, -0.05) is 48.0 Å². The van der Waals surface area contributed by atoms with Crippen molar-refractivity contribution in [3.63, 3.8) is 0 Å². The largest absolute Gasteiger partial charge is 0.341 e. The fourth-order valence-corrected chi connectivity index (χ4v) is 4.21. The van der Waals surface area contributed by atoms with E-state index in [1.807, 2.05) is 35.8 Å². The lowest BCUT2D eigenvalue weighted by Crippen LogP contribution is -2.44. The Morgan fingerprint density at radius 3 is 2.74 bits per heavy atom. The summed E-state index contributed by atoms with van der Waals surface area (Å²) in [5, 5.41) is 0.674. The fourth-order valence-electron chi connectivity index (χ4n) is 4.14. The second kappa shape index (κ2) is 9.24. The molecule has 1 aliphatic rings. The van der Waals surface area contributed by atoms with Crippen LogP contribution in [0.5, 0.6) is 0 Å². The van der Waals surface area contributed by atoms with Crippen molar-refractivity contribution in [3.8, 4) is 0 Å². The molecule has 0 saturated carbocycles. The number of nitrogens with zero attached hydrogens (tertiary/aromatic N) is 5. The second-order valence-electron chi connectivity index (χ2n) is 8.21. The van der Waals surface area contributed by atoms with E-state index in [1.165, 1.54) is 5.56 Å². The van der Waals surface area contributed by atoms with E-state index in [-0.39, 0.29) is 11.6 Å². The molecule has 0 amide bonds. The Hall–Kier alpha value is -2.64. The van der Waals surface area contributed by atoms with Gasteiger partial charge < -0.3 is 15.2 Å². The summed E-state index contributed by atoms with van der Waals surface area (Å²) in [6, 6.07) is 10.3. The molecule has 0 spiro atoms. The molecule has 1 atom stereocenters. The van der Waals surface area contributed by atoms with Crippen LogP contribution in [0.15, 0.2) is 46.2 Å². The molecule has 3 aromatic rings. The normalized spacial score (nSPS) is 17.5. The van der Waals surface area contributed by atoms with Crippen LogP contribution < -0.4 is 16.2 Å². The molecule has 1 unspecified atom stereocenters. The number of fused-ring (bicyclic) bond motifs is 1. The van der Waals surface area contributed by atoms with Crippen molar-refractivity contribution in [3.05, 3.63) is 63.2 Å². The van der Waals surface area contributed by atoms with Crippen molar-refractivity contribution in [2.24, 2.45) is 12.8 Å². The first kappa shape index (κ1) is 21.6. The number of aryl methyl sites for hydroxylation is 2. The summed E-state index contributed by atoms with van der Waals surface area (Å²) in [6.07, 6.45) is 5.38. The van der Waals surface area contributed by atoms with Gasteiger partial charge in [-0.2, -0.15) is 4.98 Å². The van der Waals surface area contributed by atoms with E-state index in [2.05, 4.69) is 17.0 Å². The van der Waals surface area contributed by atoms with Crippen LogP contribution in [0.1, 0.15) is 31.2 Å². The number of rotatable bonds is 6. The van der Waals surface area contributed by atoms with Crippen molar-refractivity contribution in [2.75, 3.05) is 18.0 Å². The van der Waals surface area contributed by atoms with E-state index in [0.717, 1.165) is 37.6 Å². The third-order valence-electron chi connectivity index (χ3n) is 5.83. The highest BCUT2D eigenvalue weighted by Gasteiger charge is 2.25. The van der Waals surface area contributed by atoms with Crippen LogP contribution in [0.4, 0.5) is 5.95 Å². The van der Waals surface area contributed by atoms with Gasteiger partial charge in [0.1, 0.15) is 5.82 Å². The van der Waals surface area contributed by atoms with Gasteiger partial charge in [-0.05, 0) is 31.7 Å². The van der Waals surface area contributed by atoms with Crippen molar-refractivity contribution < 1.29 is 0 Å². The van der Waals surface area contributed by atoms with E-state index in [4.69, 9.17) is 27.3 Å². The lowest BCUT2D eigenvalue weighted by molar-refractivity contribution is 0.495. The third-order valence-corrected chi connectivity index (χ3v) is 5.99. The SMILES string of the molecule is C/C(Cl)=C/Cn1c(N2CCCC(N)C2)nc2nc(CCc3ccccc3)n(C)c(=O)c21. The zero-order valence-corrected chi connectivity index (χ0v) is 18.8. The zero-order valence-electron chi connectivity index (χ0n) is 18.1. The highest BCUT2D eigenvalue weighted by Crippen LogP contribution is 2.23. The molecular formula is C23H29ClN6O. The quantitative estimate of drug-likeness (QED) is 0.637. The van der Waals surface area contributed by atoms with Crippen molar-refractivity contribution in [1.29, 1.82) is 0 Å². The van der Waals surface area contributed by atoms with Crippen molar-refractivity contribution >= 4 is 28.7 Å². The van der Waals surface area contributed by atoms with Crippen LogP contribution >= 0.6 is 11.6 Å². The summed E-state index contributed by atoms with van der Waals surface area (Å²) < 4.78 is 3.57. The second-order valence-corrected chi connectivity index (χ2v) is 8.81. The van der Waals surface area contributed by atoms with Gasteiger partial charge in [0.05, 0.1) is 0 Å². The molecule has 0 aliphatic carbocycles. The molecule has 2 N–H and O–H groups in total. The number of piperidine rings is 1. The fraction of sp³-hybridized carbons (Fsp3) is 0.435. The average Bonchev–Trinajstić information content (AvgIpc) is 3.13. The number of imidazole rings is 1. The summed E-state index contributed by atoms with van der Waals surface area (Å²) in [4.78, 5) is 25.1. The standard InChI is InChI=1S/C23H29ClN6O/c1-16(24)12-14-30-20-21(27-23(30)29-13-6-9-18(25)15-29)26-19(28(2)22(20)31)11-10-17-7-4-3-5-8-17/h3-5,7-8,12,18H,6,9-11,13-15,25H2,1-2H3/b16-12-. The Kier molecular flexibility index (Phi) is 6.43. The highest BCUT2D eigenvalue weighted by molar-refractivity contribution is 6.29. The van der Waals surface area contributed by atoms with Crippen molar-refractivity contribution in [1.82, 2.24) is 19.1 Å². The molecule has 1 aliphatic heterocycles. The highest BCUT2D eigenvalue weighted by atomic mass is 35.5. The molecule has 0 bridgehead atoms. The molecule has 1 fully saturated rings. The number of halogens is 1. The van der Waals surface area contributed by atoms with Gasteiger partial charge in [-0.3, -0.25) is 9.36 Å². The molecule has 164 valence electrons. The Balaban J connectivity index is 1.76. The molecule has 3 heterocycles. The first-order chi connectivity index (χ1) is 14.9. The number of hydrogen-bond donors (Lipinski definition) is 1. The van der Waals surface area contributed by atoms with Gasteiger partial charge in [0, 0.05) is 44.2 Å². The zero-order chi connectivity index (χ0) is 22.0. The summed E-state index contributed by atoms with van der Waals surface area (Å²) in [5.41, 5.74) is 8.33. The third kappa shape index (κ3) is 4.67. The Bertz CT molecular complexity index is 1150. The molecule has 7 nitrogen and oxygen atoms in total. The summed E-state index contributed by atoms with van der Waals surface area (Å²) in [6.45, 7) is 3.87. The number of allylic oxidation sites excluding steroid dienone is 2. The van der Waals surface area contributed by atoms with Crippen LogP contribution in [-0.4, -0.2) is 38.2 Å². The van der Waals surface area contributed by atoms with Gasteiger partial charge in [0.15, 0.2) is 11.2 Å². The number of anilines is 1. The monoisotopic (exact) mass is 440 g/mol. The van der Waals surface area contributed by atoms with Crippen LogP contribution in [0, 0.1) is 0 Å². The average molecular weight is 441 g/mol. The number of aromatic nitrogens is 4. The molecule has 1 aromatic carbocycles. The molecule has 31 heavy (non-hydrogen) atoms. The van der Waals surface area contributed by atoms with Crippen molar-refractivity contribution in [2.45, 2.75) is 45.2 Å². The minimum absolute atomic E-state index is 0.0891. The predicted octanol–water partition coefficient (Wildman–Crippen LogP) is 2.99. The van der Waals surface area contributed by atoms with Gasteiger partial charge in [0.2, 0.25) is 5.95 Å². The first-order valence-electron chi connectivity index (χ1n) is 10.8. The maximum atomic E-state index is 13.4. The van der Waals surface area contributed by atoms with Gasteiger partial charge in [-0.25, -0.2) is 4.98 Å². The molecule has 1 saturated heterocycles.